The zero-order chi connectivity index (χ0) is 30.4. The highest BCUT2D eigenvalue weighted by Gasteiger charge is 2.31. The molecule has 0 amide bonds. The summed E-state index contributed by atoms with van der Waals surface area (Å²) in [6.07, 6.45) is 0.622. The summed E-state index contributed by atoms with van der Waals surface area (Å²) in [5.41, 5.74) is 5.57. The fraction of sp³-hybridized carbons (Fsp3) is 0.367. The molecule has 0 radical (unpaired) electrons. The maximum absolute atomic E-state index is 15.6. The fourth-order valence-electron chi connectivity index (χ4n) is 5.20. The van der Waals surface area contributed by atoms with Crippen LogP contribution in [0.4, 0.5) is 34.6 Å². The minimum atomic E-state index is -4.40. The van der Waals surface area contributed by atoms with Crippen molar-refractivity contribution in [1.29, 1.82) is 0 Å². The lowest BCUT2D eigenvalue weighted by Crippen LogP contribution is -2.47. The van der Waals surface area contributed by atoms with E-state index in [1.54, 1.807) is 24.7 Å². The molecule has 0 bridgehead atoms. The van der Waals surface area contributed by atoms with Gasteiger partial charge in [0.1, 0.15) is 5.82 Å². The average Bonchev–Trinajstić information content (AvgIpc) is 3.01. The lowest BCUT2D eigenvalue weighted by molar-refractivity contribution is -0.137. The van der Waals surface area contributed by atoms with E-state index in [0.29, 0.717) is 54.8 Å². The van der Waals surface area contributed by atoms with Gasteiger partial charge in [0, 0.05) is 88.2 Å². The average molecular weight is 615 g/mol. The number of hydrogen-bond acceptors (Lipinski definition) is 7. The molecule has 0 unspecified atom stereocenters. The largest absolute Gasteiger partial charge is 0.416 e. The SMILES string of the molecule is CN1CCN(c2cc(N3CCN(c4cccc(C(F)(F)F)c4)CC3)c(F)cc2/C=N/NC(=S)NCc2cccnc2)CC1. The molecule has 0 aliphatic carbocycles. The number of rotatable bonds is 7. The Hall–Kier alpha value is -3.97. The molecule has 13 heteroatoms. The maximum atomic E-state index is 15.6. The summed E-state index contributed by atoms with van der Waals surface area (Å²) in [5, 5.41) is 7.68. The molecular formula is C30H34F4N8S. The van der Waals surface area contributed by atoms with Gasteiger partial charge in [-0.05, 0) is 61.2 Å². The van der Waals surface area contributed by atoms with Crippen LogP contribution in [0.1, 0.15) is 16.7 Å². The number of aromatic nitrogens is 1. The van der Waals surface area contributed by atoms with Crippen molar-refractivity contribution in [3.05, 3.63) is 83.4 Å². The number of nitrogens with one attached hydrogen (secondary N) is 2. The van der Waals surface area contributed by atoms with Crippen LogP contribution < -0.4 is 25.4 Å². The first-order chi connectivity index (χ1) is 20.7. The summed E-state index contributed by atoms with van der Waals surface area (Å²) in [4.78, 5) is 12.4. The smallest absolute Gasteiger partial charge is 0.368 e. The summed E-state index contributed by atoms with van der Waals surface area (Å²) in [6.45, 7) is 5.70. The van der Waals surface area contributed by atoms with Crippen molar-refractivity contribution in [3.63, 3.8) is 0 Å². The van der Waals surface area contributed by atoms with Gasteiger partial charge in [-0.15, -0.1) is 0 Å². The molecule has 2 N–H and O–H groups in total. The Balaban J connectivity index is 1.29. The van der Waals surface area contributed by atoms with E-state index < -0.39 is 11.7 Å². The predicted octanol–water partition coefficient (Wildman–Crippen LogP) is 4.32. The standard InChI is InChI=1S/C30H34F4N8S/c1-39-8-10-41(11-9-39)27-18-28(42-14-12-40(13-15-42)25-6-2-5-24(17-25)30(32,33)34)26(31)16-23(27)21-37-38-29(43)36-20-22-4-3-7-35-19-22/h2-7,16-19,21H,8-15,20H2,1H3,(H2,36,38,43)/b37-21+. The second-order valence-corrected chi connectivity index (χ2v) is 11.0. The summed E-state index contributed by atoms with van der Waals surface area (Å²) in [7, 11) is 2.07. The molecule has 43 heavy (non-hydrogen) atoms. The van der Waals surface area contributed by atoms with Gasteiger partial charge >= 0.3 is 6.18 Å². The molecule has 1 aromatic heterocycles. The molecule has 5 rings (SSSR count). The third-order valence-electron chi connectivity index (χ3n) is 7.64. The number of piperazine rings is 2. The minimum absolute atomic E-state index is 0.331. The van der Waals surface area contributed by atoms with Crippen molar-refractivity contribution in [2.24, 2.45) is 5.10 Å². The quantitative estimate of drug-likeness (QED) is 0.177. The van der Waals surface area contributed by atoms with Gasteiger partial charge in [-0.1, -0.05) is 12.1 Å². The zero-order valence-corrected chi connectivity index (χ0v) is 24.6. The van der Waals surface area contributed by atoms with Crippen molar-refractivity contribution < 1.29 is 17.6 Å². The molecule has 228 valence electrons. The Kier molecular flexibility index (Phi) is 9.61. The number of benzene rings is 2. The Morgan fingerprint density at radius 2 is 1.63 bits per heavy atom. The molecular weight excluding hydrogens is 580 g/mol. The van der Waals surface area contributed by atoms with E-state index in [4.69, 9.17) is 12.2 Å². The summed E-state index contributed by atoms with van der Waals surface area (Å²) >= 11 is 5.33. The summed E-state index contributed by atoms with van der Waals surface area (Å²) in [6, 6.07) is 12.5. The highest BCUT2D eigenvalue weighted by atomic mass is 32.1. The number of alkyl halides is 3. The molecule has 3 aromatic rings. The molecule has 2 aromatic carbocycles. The van der Waals surface area contributed by atoms with Crippen LogP contribution in [-0.2, 0) is 12.7 Å². The first kappa shape index (κ1) is 30.5. The second kappa shape index (κ2) is 13.6. The van der Waals surface area contributed by atoms with Crippen LogP contribution in [0.15, 0.2) is 66.0 Å². The fourth-order valence-corrected chi connectivity index (χ4v) is 5.33. The van der Waals surface area contributed by atoms with E-state index in [9.17, 15) is 13.2 Å². The Morgan fingerprint density at radius 3 is 2.33 bits per heavy atom. The third kappa shape index (κ3) is 7.90. The van der Waals surface area contributed by atoms with Crippen LogP contribution in [0, 0.1) is 5.82 Å². The molecule has 2 aliphatic heterocycles. The predicted molar refractivity (Wildman–Crippen MR) is 166 cm³/mol. The highest BCUT2D eigenvalue weighted by molar-refractivity contribution is 7.80. The number of hydrazone groups is 1. The Bertz CT molecular complexity index is 1420. The number of anilines is 3. The molecule has 0 spiro atoms. The first-order valence-electron chi connectivity index (χ1n) is 14.1. The molecule has 2 aliphatic rings. The third-order valence-corrected chi connectivity index (χ3v) is 7.88. The molecule has 3 heterocycles. The zero-order valence-electron chi connectivity index (χ0n) is 23.8. The number of likely N-dealkylation sites (N-methyl/N-ethyl adjacent to an activating group) is 1. The van der Waals surface area contributed by atoms with Gasteiger partial charge in [0.05, 0.1) is 17.5 Å². The number of hydrogen-bond donors (Lipinski definition) is 2. The Morgan fingerprint density at radius 1 is 0.930 bits per heavy atom. The van der Waals surface area contributed by atoms with Gasteiger partial charge in [-0.3, -0.25) is 10.4 Å². The van der Waals surface area contributed by atoms with Crippen LogP contribution in [0.25, 0.3) is 0 Å². The van der Waals surface area contributed by atoms with Crippen LogP contribution >= 0.6 is 12.2 Å². The molecule has 0 atom stereocenters. The Labute approximate surface area is 254 Å². The van der Waals surface area contributed by atoms with Gasteiger partial charge in [0.25, 0.3) is 0 Å². The monoisotopic (exact) mass is 614 g/mol. The van der Waals surface area contributed by atoms with Crippen LogP contribution in [0.5, 0.6) is 0 Å². The van der Waals surface area contributed by atoms with Crippen molar-refractivity contribution in [2.75, 3.05) is 74.1 Å². The number of halogens is 4. The van der Waals surface area contributed by atoms with E-state index in [1.165, 1.54) is 18.2 Å². The van der Waals surface area contributed by atoms with E-state index in [0.717, 1.165) is 43.5 Å². The molecule has 2 saturated heterocycles. The van der Waals surface area contributed by atoms with Crippen LogP contribution in [0.2, 0.25) is 0 Å². The lowest BCUT2D eigenvalue weighted by atomic mass is 10.1. The second-order valence-electron chi connectivity index (χ2n) is 10.6. The normalized spacial score (nSPS) is 16.5. The molecule has 0 saturated carbocycles. The molecule has 8 nitrogen and oxygen atoms in total. The van der Waals surface area contributed by atoms with Gasteiger partial charge in [-0.25, -0.2) is 4.39 Å². The summed E-state index contributed by atoms with van der Waals surface area (Å²) < 4.78 is 55.3. The van der Waals surface area contributed by atoms with Gasteiger partial charge in [0.15, 0.2) is 5.11 Å². The van der Waals surface area contributed by atoms with E-state index in [2.05, 4.69) is 37.7 Å². The van der Waals surface area contributed by atoms with Gasteiger partial charge in [-0.2, -0.15) is 18.3 Å². The summed E-state index contributed by atoms with van der Waals surface area (Å²) in [5.74, 6) is -0.385. The number of thiocarbonyl (C=S) groups is 1. The highest BCUT2D eigenvalue weighted by Crippen LogP contribution is 2.34. The van der Waals surface area contributed by atoms with Crippen LogP contribution in [0.3, 0.4) is 0 Å². The van der Waals surface area contributed by atoms with Crippen molar-refractivity contribution in [1.82, 2.24) is 20.6 Å². The lowest BCUT2D eigenvalue weighted by Gasteiger charge is -2.39. The van der Waals surface area contributed by atoms with Crippen molar-refractivity contribution in [2.45, 2.75) is 12.7 Å². The first-order valence-corrected chi connectivity index (χ1v) is 14.5. The number of pyridine rings is 1. The van der Waals surface area contributed by atoms with Crippen molar-refractivity contribution in [3.8, 4) is 0 Å². The van der Waals surface area contributed by atoms with Gasteiger partial charge in [0.2, 0.25) is 0 Å². The number of nitrogens with zero attached hydrogens (tertiary/aromatic N) is 6. The van der Waals surface area contributed by atoms with E-state index in [1.807, 2.05) is 28.0 Å². The van der Waals surface area contributed by atoms with E-state index in [-0.39, 0.29) is 5.82 Å². The van der Waals surface area contributed by atoms with E-state index >= 15 is 4.39 Å². The minimum Gasteiger partial charge on any atom is -0.368 e. The van der Waals surface area contributed by atoms with Gasteiger partial charge < -0.3 is 24.9 Å². The molecule has 2 fully saturated rings. The van der Waals surface area contributed by atoms with Crippen molar-refractivity contribution >= 4 is 40.6 Å². The topological polar surface area (TPSA) is 62.3 Å². The maximum Gasteiger partial charge on any atom is 0.416 e. The van der Waals surface area contributed by atoms with Crippen LogP contribution in [-0.4, -0.2) is 80.6 Å².